The van der Waals surface area contributed by atoms with E-state index in [-0.39, 0.29) is 12.5 Å². The largest absolute Gasteiger partial charge is 0.486 e. The SMILES string of the molecule is O=C(c1csc(COc2ccc(Cl)cc2)n1)N1CCN(c2ccc(C(F)(F)F)cn2)CC1. The van der Waals surface area contributed by atoms with Crippen LogP contribution >= 0.6 is 22.9 Å². The minimum atomic E-state index is -4.41. The van der Waals surface area contributed by atoms with Crippen molar-refractivity contribution in [3.05, 3.63) is 69.3 Å². The third-order valence-corrected chi connectivity index (χ3v) is 5.99. The van der Waals surface area contributed by atoms with Gasteiger partial charge < -0.3 is 14.5 Å². The van der Waals surface area contributed by atoms with Crippen LogP contribution in [0, 0.1) is 0 Å². The Morgan fingerprint density at radius 1 is 1.09 bits per heavy atom. The number of alkyl halides is 3. The molecular weight excluding hydrogens is 465 g/mol. The van der Waals surface area contributed by atoms with E-state index in [2.05, 4.69) is 9.97 Å². The summed E-state index contributed by atoms with van der Waals surface area (Å²) in [7, 11) is 0. The average Bonchev–Trinajstić information content (AvgIpc) is 3.27. The molecule has 1 aliphatic rings. The van der Waals surface area contributed by atoms with E-state index in [0.29, 0.717) is 53.5 Å². The van der Waals surface area contributed by atoms with Crippen molar-refractivity contribution in [1.82, 2.24) is 14.9 Å². The normalized spacial score (nSPS) is 14.5. The van der Waals surface area contributed by atoms with Gasteiger partial charge in [0, 0.05) is 42.8 Å². The fourth-order valence-electron chi connectivity index (χ4n) is 3.19. The molecule has 0 atom stereocenters. The topological polar surface area (TPSA) is 58.6 Å². The zero-order valence-electron chi connectivity index (χ0n) is 16.7. The van der Waals surface area contributed by atoms with E-state index in [1.165, 1.54) is 17.4 Å². The van der Waals surface area contributed by atoms with Gasteiger partial charge >= 0.3 is 6.18 Å². The molecule has 0 unspecified atom stereocenters. The number of nitrogens with zero attached hydrogens (tertiary/aromatic N) is 4. The lowest BCUT2D eigenvalue weighted by molar-refractivity contribution is -0.137. The summed E-state index contributed by atoms with van der Waals surface area (Å²) in [5.74, 6) is 0.935. The number of anilines is 1. The summed E-state index contributed by atoms with van der Waals surface area (Å²) in [6.07, 6.45) is -3.58. The molecule has 3 aromatic rings. The summed E-state index contributed by atoms with van der Waals surface area (Å²) < 4.78 is 43.8. The monoisotopic (exact) mass is 482 g/mol. The summed E-state index contributed by atoms with van der Waals surface area (Å²) in [5, 5.41) is 3.00. The summed E-state index contributed by atoms with van der Waals surface area (Å²) >= 11 is 7.19. The van der Waals surface area contributed by atoms with Gasteiger partial charge in [-0.2, -0.15) is 13.2 Å². The Hall–Kier alpha value is -2.85. The molecule has 2 aromatic heterocycles. The second kappa shape index (κ2) is 9.33. The molecule has 0 spiro atoms. The van der Waals surface area contributed by atoms with Crippen molar-refractivity contribution < 1.29 is 22.7 Å². The van der Waals surface area contributed by atoms with Crippen molar-refractivity contribution in [1.29, 1.82) is 0 Å². The number of amides is 1. The fraction of sp³-hybridized carbons (Fsp3) is 0.286. The number of hydrogen-bond acceptors (Lipinski definition) is 6. The van der Waals surface area contributed by atoms with Crippen LogP contribution in [0.1, 0.15) is 21.1 Å². The van der Waals surface area contributed by atoms with E-state index >= 15 is 0 Å². The first-order chi connectivity index (χ1) is 15.3. The second-order valence-corrected chi connectivity index (χ2v) is 8.43. The highest BCUT2D eigenvalue weighted by atomic mass is 35.5. The van der Waals surface area contributed by atoms with Crippen LogP contribution < -0.4 is 9.64 Å². The number of halogens is 4. The van der Waals surface area contributed by atoms with Crippen molar-refractivity contribution in [3.63, 3.8) is 0 Å². The molecule has 1 saturated heterocycles. The summed E-state index contributed by atoms with van der Waals surface area (Å²) in [4.78, 5) is 24.6. The van der Waals surface area contributed by atoms with Gasteiger partial charge in [-0.05, 0) is 36.4 Å². The molecule has 1 fully saturated rings. The molecule has 4 rings (SSSR count). The number of aromatic nitrogens is 2. The van der Waals surface area contributed by atoms with Crippen LogP contribution in [0.15, 0.2) is 48.0 Å². The van der Waals surface area contributed by atoms with Crippen molar-refractivity contribution >= 4 is 34.7 Å². The van der Waals surface area contributed by atoms with Gasteiger partial charge in [0.2, 0.25) is 0 Å². The zero-order valence-corrected chi connectivity index (χ0v) is 18.3. The number of thiazole rings is 1. The van der Waals surface area contributed by atoms with E-state index in [0.717, 1.165) is 12.3 Å². The van der Waals surface area contributed by atoms with Gasteiger partial charge in [-0.1, -0.05) is 11.6 Å². The van der Waals surface area contributed by atoms with Gasteiger partial charge in [0.1, 0.15) is 28.9 Å². The van der Waals surface area contributed by atoms with E-state index < -0.39 is 11.7 Å². The molecule has 1 aromatic carbocycles. The number of carbonyl (C=O) groups is 1. The lowest BCUT2D eigenvalue weighted by Crippen LogP contribution is -2.49. The highest BCUT2D eigenvalue weighted by Crippen LogP contribution is 2.29. The van der Waals surface area contributed by atoms with Gasteiger partial charge in [0.15, 0.2) is 0 Å². The number of rotatable bonds is 5. The summed E-state index contributed by atoms with van der Waals surface area (Å²) in [6, 6.07) is 9.34. The fourth-order valence-corrected chi connectivity index (χ4v) is 4.00. The van der Waals surface area contributed by atoms with E-state index in [4.69, 9.17) is 16.3 Å². The van der Waals surface area contributed by atoms with Crippen molar-refractivity contribution in [2.45, 2.75) is 12.8 Å². The minimum Gasteiger partial charge on any atom is -0.486 e. The zero-order chi connectivity index (χ0) is 22.7. The molecule has 0 bridgehead atoms. The van der Waals surface area contributed by atoms with Gasteiger partial charge in [-0.25, -0.2) is 9.97 Å². The van der Waals surface area contributed by atoms with Crippen LogP contribution in [0.2, 0.25) is 5.02 Å². The Kier molecular flexibility index (Phi) is 6.52. The Balaban J connectivity index is 1.30. The molecule has 0 aliphatic carbocycles. The highest BCUT2D eigenvalue weighted by Gasteiger charge is 2.31. The van der Waals surface area contributed by atoms with Gasteiger partial charge in [0.05, 0.1) is 5.56 Å². The number of benzene rings is 1. The predicted octanol–water partition coefficient (Wildman–Crippen LogP) is 4.75. The minimum absolute atomic E-state index is 0.181. The first-order valence-electron chi connectivity index (χ1n) is 9.70. The molecule has 11 heteroatoms. The van der Waals surface area contributed by atoms with E-state index in [9.17, 15) is 18.0 Å². The summed E-state index contributed by atoms with van der Waals surface area (Å²) in [6.45, 7) is 2.04. The maximum Gasteiger partial charge on any atom is 0.417 e. The van der Waals surface area contributed by atoms with Crippen molar-refractivity contribution in [2.75, 3.05) is 31.1 Å². The molecular formula is C21H18ClF3N4O2S. The number of carbonyl (C=O) groups excluding carboxylic acids is 1. The molecule has 0 radical (unpaired) electrons. The lowest BCUT2D eigenvalue weighted by atomic mass is 10.2. The van der Waals surface area contributed by atoms with Crippen LogP contribution in [-0.4, -0.2) is 47.0 Å². The molecule has 1 amide bonds. The molecule has 6 nitrogen and oxygen atoms in total. The third-order valence-electron chi connectivity index (χ3n) is 4.91. The van der Waals surface area contributed by atoms with Crippen LogP contribution in [0.25, 0.3) is 0 Å². The van der Waals surface area contributed by atoms with E-state index in [1.807, 2.05) is 4.90 Å². The van der Waals surface area contributed by atoms with Crippen LogP contribution in [0.3, 0.4) is 0 Å². The third kappa shape index (κ3) is 5.31. The smallest absolute Gasteiger partial charge is 0.417 e. The molecule has 3 heterocycles. The van der Waals surface area contributed by atoms with Crippen LogP contribution in [0.4, 0.5) is 19.0 Å². The van der Waals surface area contributed by atoms with Gasteiger partial charge in [0.25, 0.3) is 5.91 Å². The molecule has 168 valence electrons. The predicted molar refractivity (Wildman–Crippen MR) is 115 cm³/mol. The first-order valence-corrected chi connectivity index (χ1v) is 11.0. The molecule has 0 N–H and O–H groups in total. The van der Waals surface area contributed by atoms with E-state index in [1.54, 1.807) is 34.5 Å². The molecule has 1 aliphatic heterocycles. The maximum absolute atomic E-state index is 12.8. The van der Waals surface area contributed by atoms with Gasteiger partial charge in [-0.15, -0.1) is 11.3 Å². The van der Waals surface area contributed by atoms with Crippen LogP contribution in [-0.2, 0) is 12.8 Å². The van der Waals surface area contributed by atoms with Gasteiger partial charge in [-0.3, -0.25) is 4.79 Å². The summed E-state index contributed by atoms with van der Waals surface area (Å²) in [5.41, 5.74) is -0.430. The first kappa shape index (κ1) is 22.3. The number of pyridine rings is 1. The Labute approximate surface area is 191 Å². The van der Waals surface area contributed by atoms with Crippen molar-refractivity contribution in [2.24, 2.45) is 0 Å². The molecule has 0 saturated carbocycles. The Morgan fingerprint density at radius 2 is 1.81 bits per heavy atom. The average molecular weight is 483 g/mol. The number of ether oxygens (including phenoxy) is 1. The van der Waals surface area contributed by atoms with Crippen LogP contribution in [0.5, 0.6) is 5.75 Å². The lowest BCUT2D eigenvalue weighted by Gasteiger charge is -2.35. The highest BCUT2D eigenvalue weighted by molar-refractivity contribution is 7.09. The Bertz CT molecular complexity index is 1070. The number of hydrogen-bond donors (Lipinski definition) is 0. The molecule has 32 heavy (non-hydrogen) atoms. The number of piperazine rings is 1. The second-order valence-electron chi connectivity index (χ2n) is 7.05. The maximum atomic E-state index is 12.8. The quantitative estimate of drug-likeness (QED) is 0.525. The standard InChI is InChI=1S/C21H18ClF3N4O2S/c22-15-2-4-16(5-3-15)31-12-19-27-17(13-32-19)20(30)29-9-7-28(8-10-29)18-6-1-14(11-26-18)21(23,24)25/h1-6,11,13H,7-10,12H2. The van der Waals surface area contributed by atoms with Crippen molar-refractivity contribution in [3.8, 4) is 5.75 Å². The Morgan fingerprint density at radius 3 is 2.44 bits per heavy atom.